The van der Waals surface area contributed by atoms with E-state index in [2.05, 4.69) is 5.32 Å². The maximum atomic E-state index is 12.2. The van der Waals surface area contributed by atoms with Gasteiger partial charge in [0.15, 0.2) is 5.78 Å². The van der Waals surface area contributed by atoms with Crippen LogP contribution in [0.2, 0.25) is 0 Å². The first kappa shape index (κ1) is 19.1. The molecule has 6 nitrogen and oxygen atoms in total. The normalized spacial score (nSPS) is 22.4. The van der Waals surface area contributed by atoms with Crippen LogP contribution in [-0.4, -0.2) is 36.4 Å². The van der Waals surface area contributed by atoms with Gasteiger partial charge in [-0.15, -0.1) is 0 Å². The highest BCUT2D eigenvalue weighted by molar-refractivity contribution is 5.92. The van der Waals surface area contributed by atoms with E-state index in [9.17, 15) is 14.4 Å². The molecule has 136 valence electrons. The fourth-order valence-corrected chi connectivity index (χ4v) is 2.93. The fourth-order valence-electron chi connectivity index (χ4n) is 2.93. The SMILES string of the molecule is C[C@@H]1OCC(=O)C1NC(=O)CC[C@@](C)(CCc1ccccc1)C(N)=O. The molecule has 0 saturated carbocycles. The van der Waals surface area contributed by atoms with Crippen LogP contribution in [0.1, 0.15) is 38.7 Å². The Morgan fingerprint density at radius 1 is 1.28 bits per heavy atom. The summed E-state index contributed by atoms with van der Waals surface area (Å²) in [5, 5.41) is 2.70. The molecule has 1 aliphatic rings. The second-order valence-electron chi connectivity index (χ2n) is 6.94. The van der Waals surface area contributed by atoms with Crippen molar-refractivity contribution in [2.75, 3.05) is 6.61 Å². The van der Waals surface area contributed by atoms with E-state index >= 15 is 0 Å². The van der Waals surface area contributed by atoms with Gasteiger partial charge in [0, 0.05) is 11.8 Å². The van der Waals surface area contributed by atoms with Gasteiger partial charge in [-0.3, -0.25) is 14.4 Å². The zero-order chi connectivity index (χ0) is 18.4. The molecule has 2 amide bonds. The minimum Gasteiger partial charge on any atom is -0.369 e. The summed E-state index contributed by atoms with van der Waals surface area (Å²) in [5.41, 5.74) is 5.94. The number of ether oxygens (including phenoxy) is 1. The molecule has 25 heavy (non-hydrogen) atoms. The Morgan fingerprint density at radius 2 is 1.96 bits per heavy atom. The number of ketones is 1. The van der Waals surface area contributed by atoms with Crippen molar-refractivity contribution in [3.63, 3.8) is 0 Å². The summed E-state index contributed by atoms with van der Waals surface area (Å²) in [6.07, 6.45) is 1.45. The maximum Gasteiger partial charge on any atom is 0.223 e. The first-order valence-corrected chi connectivity index (χ1v) is 8.59. The van der Waals surface area contributed by atoms with Gasteiger partial charge in [-0.25, -0.2) is 0 Å². The molecule has 0 bridgehead atoms. The molecule has 1 aromatic rings. The lowest BCUT2D eigenvalue weighted by Gasteiger charge is -2.26. The van der Waals surface area contributed by atoms with Crippen LogP contribution in [-0.2, 0) is 25.5 Å². The minimum absolute atomic E-state index is 0.0300. The Bertz CT molecular complexity index is 632. The average molecular weight is 346 g/mol. The van der Waals surface area contributed by atoms with Crippen molar-refractivity contribution in [2.24, 2.45) is 11.1 Å². The summed E-state index contributed by atoms with van der Waals surface area (Å²) in [7, 11) is 0. The molecule has 1 aromatic carbocycles. The van der Waals surface area contributed by atoms with E-state index in [0.29, 0.717) is 19.3 Å². The summed E-state index contributed by atoms with van der Waals surface area (Å²) < 4.78 is 5.21. The van der Waals surface area contributed by atoms with Crippen LogP contribution in [0, 0.1) is 5.41 Å². The third kappa shape index (κ3) is 5.13. The van der Waals surface area contributed by atoms with Crippen molar-refractivity contribution in [2.45, 2.75) is 51.7 Å². The maximum absolute atomic E-state index is 12.2. The molecule has 0 radical (unpaired) electrons. The Balaban J connectivity index is 1.88. The minimum atomic E-state index is -0.769. The average Bonchev–Trinajstić information content (AvgIpc) is 2.91. The monoisotopic (exact) mass is 346 g/mol. The molecular formula is C19H26N2O4. The number of Topliss-reactive ketones (excluding diaryl/α,β-unsaturated/α-hetero) is 1. The van der Waals surface area contributed by atoms with Gasteiger partial charge in [0.05, 0.1) is 6.10 Å². The number of hydrogen-bond acceptors (Lipinski definition) is 4. The van der Waals surface area contributed by atoms with Crippen LogP contribution in [0.15, 0.2) is 30.3 Å². The largest absolute Gasteiger partial charge is 0.369 e. The molecule has 1 fully saturated rings. The van der Waals surface area contributed by atoms with Gasteiger partial charge in [-0.2, -0.15) is 0 Å². The summed E-state index contributed by atoms with van der Waals surface area (Å²) in [6.45, 7) is 3.57. The third-order valence-electron chi connectivity index (χ3n) is 4.93. The van der Waals surface area contributed by atoms with Gasteiger partial charge in [0.25, 0.3) is 0 Å². The number of aryl methyl sites for hydroxylation is 1. The lowest BCUT2D eigenvalue weighted by molar-refractivity contribution is -0.130. The zero-order valence-electron chi connectivity index (χ0n) is 14.8. The van der Waals surface area contributed by atoms with Gasteiger partial charge in [-0.1, -0.05) is 37.3 Å². The van der Waals surface area contributed by atoms with Crippen LogP contribution in [0.25, 0.3) is 0 Å². The van der Waals surface area contributed by atoms with E-state index in [-0.39, 0.29) is 30.8 Å². The number of nitrogens with two attached hydrogens (primary N) is 1. The van der Waals surface area contributed by atoms with Crippen LogP contribution < -0.4 is 11.1 Å². The van der Waals surface area contributed by atoms with Crippen LogP contribution >= 0.6 is 0 Å². The lowest BCUT2D eigenvalue weighted by atomic mass is 9.79. The Labute approximate surface area is 148 Å². The van der Waals surface area contributed by atoms with Crippen molar-refractivity contribution >= 4 is 17.6 Å². The number of rotatable bonds is 8. The molecule has 1 saturated heterocycles. The van der Waals surface area contributed by atoms with Crippen LogP contribution in [0.3, 0.4) is 0 Å². The van der Waals surface area contributed by atoms with Gasteiger partial charge in [0.2, 0.25) is 11.8 Å². The summed E-state index contributed by atoms with van der Waals surface area (Å²) in [5.74, 6) is -0.796. The van der Waals surface area contributed by atoms with E-state index in [1.165, 1.54) is 0 Å². The topological polar surface area (TPSA) is 98.5 Å². The summed E-state index contributed by atoms with van der Waals surface area (Å²) in [6, 6.07) is 9.24. The molecule has 6 heteroatoms. The molecule has 1 unspecified atom stereocenters. The predicted molar refractivity (Wildman–Crippen MR) is 93.7 cm³/mol. The molecule has 3 atom stereocenters. The first-order chi connectivity index (χ1) is 11.8. The van der Waals surface area contributed by atoms with E-state index in [1.54, 1.807) is 13.8 Å². The number of amides is 2. The number of benzene rings is 1. The van der Waals surface area contributed by atoms with E-state index in [1.807, 2.05) is 30.3 Å². The van der Waals surface area contributed by atoms with Gasteiger partial charge < -0.3 is 15.8 Å². The van der Waals surface area contributed by atoms with Gasteiger partial charge >= 0.3 is 0 Å². The fraction of sp³-hybridized carbons (Fsp3) is 0.526. The molecule has 2 rings (SSSR count). The number of carbonyl (C=O) groups is 3. The Kier molecular flexibility index (Phi) is 6.31. The zero-order valence-corrected chi connectivity index (χ0v) is 14.8. The number of hydrogen-bond donors (Lipinski definition) is 2. The molecule has 0 aromatic heterocycles. The molecule has 1 heterocycles. The highest BCUT2D eigenvalue weighted by Gasteiger charge is 2.35. The second-order valence-corrected chi connectivity index (χ2v) is 6.94. The quantitative estimate of drug-likeness (QED) is 0.742. The van der Waals surface area contributed by atoms with Crippen molar-refractivity contribution in [1.82, 2.24) is 5.32 Å². The van der Waals surface area contributed by atoms with Crippen molar-refractivity contribution in [3.05, 3.63) is 35.9 Å². The van der Waals surface area contributed by atoms with E-state index in [0.717, 1.165) is 5.56 Å². The van der Waals surface area contributed by atoms with Crippen molar-refractivity contribution < 1.29 is 19.1 Å². The first-order valence-electron chi connectivity index (χ1n) is 8.59. The molecule has 0 aliphatic carbocycles. The highest BCUT2D eigenvalue weighted by atomic mass is 16.5. The van der Waals surface area contributed by atoms with Crippen molar-refractivity contribution in [1.29, 1.82) is 0 Å². The number of carbonyl (C=O) groups excluding carboxylic acids is 3. The Hall–Kier alpha value is -2.21. The summed E-state index contributed by atoms with van der Waals surface area (Å²) >= 11 is 0. The number of primary amides is 1. The summed E-state index contributed by atoms with van der Waals surface area (Å²) in [4.78, 5) is 35.8. The van der Waals surface area contributed by atoms with Crippen molar-refractivity contribution in [3.8, 4) is 0 Å². The second kappa shape index (κ2) is 8.25. The molecule has 1 aliphatic heterocycles. The third-order valence-corrected chi connectivity index (χ3v) is 4.93. The smallest absolute Gasteiger partial charge is 0.223 e. The van der Waals surface area contributed by atoms with E-state index < -0.39 is 17.4 Å². The highest BCUT2D eigenvalue weighted by Crippen LogP contribution is 2.29. The molecule has 0 spiro atoms. The standard InChI is InChI=1S/C19H26N2O4/c1-13-17(15(22)12-25-13)21-16(23)9-11-19(2,18(20)24)10-8-14-6-4-3-5-7-14/h3-7,13,17H,8-12H2,1-2H3,(H2,20,24)(H,21,23)/t13-,17?,19+/m0/s1. The van der Waals surface area contributed by atoms with Crippen LogP contribution in [0.5, 0.6) is 0 Å². The lowest BCUT2D eigenvalue weighted by Crippen LogP contribution is -2.44. The van der Waals surface area contributed by atoms with Crippen LogP contribution in [0.4, 0.5) is 0 Å². The van der Waals surface area contributed by atoms with Gasteiger partial charge in [0.1, 0.15) is 12.6 Å². The van der Waals surface area contributed by atoms with E-state index in [4.69, 9.17) is 10.5 Å². The Morgan fingerprint density at radius 3 is 2.52 bits per heavy atom. The molecule has 3 N–H and O–H groups in total. The predicted octanol–water partition coefficient (Wildman–Crippen LogP) is 1.36. The molecular weight excluding hydrogens is 320 g/mol. The van der Waals surface area contributed by atoms with Gasteiger partial charge in [-0.05, 0) is 31.7 Å². The number of nitrogens with one attached hydrogen (secondary N) is 1.